The molecule has 0 aliphatic rings. The number of hydrogen-bond donors (Lipinski definition) is 2. The number of amides is 1. The van der Waals surface area contributed by atoms with E-state index in [1.165, 1.54) is 0 Å². The number of para-hydroxylation sites is 2. The number of imidazole rings is 1. The number of carbonyl (C=O) groups excluding carboxylic acids is 1. The second kappa shape index (κ2) is 7.34. The van der Waals surface area contributed by atoms with Crippen LogP contribution in [0, 0.1) is 5.41 Å². The molecule has 2 N–H and O–H groups in total. The van der Waals surface area contributed by atoms with Crippen LogP contribution >= 0.6 is 0 Å². The maximum Gasteiger partial charge on any atom is 0.262 e. The van der Waals surface area contributed by atoms with Crippen LogP contribution in [0.4, 0.5) is 0 Å². The Balaban J connectivity index is 2.25. The molecule has 1 amide bonds. The third-order valence-corrected chi connectivity index (χ3v) is 4.68. The number of benzene rings is 1. The van der Waals surface area contributed by atoms with E-state index in [0.29, 0.717) is 6.04 Å². The molecule has 1 aromatic carbocycles. The maximum atomic E-state index is 12.5. The van der Waals surface area contributed by atoms with Crippen molar-refractivity contribution < 1.29 is 14.5 Å². The van der Waals surface area contributed by atoms with E-state index in [0.717, 1.165) is 17.5 Å². The second-order valence-corrected chi connectivity index (χ2v) is 7.57. The molecule has 2 atom stereocenters. The molecule has 0 aliphatic carbocycles. The van der Waals surface area contributed by atoms with Gasteiger partial charge in [-0.15, -0.1) is 0 Å². The van der Waals surface area contributed by atoms with Gasteiger partial charge in [0.1, 0.15) is 0 Å². The topological polar surface area (TPSA) is 58.1 Å². The van der Waals surface area contributed by atoms with Gasteiger partial charge in [-0.1, -0.05) is 39.8 Å². The summed E-state index contributed by atoms with van der Waals surface area (Å²) in [6.45, 7) is 10.6. The van der Waals surface area contributed by atoms with E-state index < -0.39 is 0 Å². The van der Waals surface area contributed by atoms with Crippen molar-refractivity contribution in [3.8, 4) is 0 Å². The van der Waals surface area contributed by atoms with Crippen molar-refractivity contribution in [3.63, 3.8) is 0 Å². The summed E-state index contributed by atoms with van der Waals surface area (Å²) in [5.41, 5.74) is 2.00. The minimum absolute atomic E-state index is 0.0610. The molecule has 2 aromatic rings. The Bertz CT molecular complexity index is 700. The monoisotopic (exact) mass is 332 g/mol. The van der Waals surface area contributed by atoms with E-state index >= 15 is 0 Å². The van der Waals surface area contributed by atoms with Crippen LogP contribution in [-0.2, 0) is 11.3 Å². The van der Waals surface area contributed by atoms with Gasteiger partial charge in [-0.25, -0.2) is 9.13 Å². The number of nitrogens with one attached hydrogen (secondary N) is 1. The van der Waals surface area contributed by atoms with Crippen molar-refractivity contribution in [3.05, 3.63) is 30.6 Å². The van der Waals surface area contributed by atoms with E-state index in [9.17, 15) is 9.90 Å². The summed E-state index contributed by atoms with van der Waals surface area (Å²) in [4.78, 5) is 12.5. The molecule has 0 radical (unpaired) electrons. The Kier molecular flexibility index (Phi) is 5.65. The average Bonchev–Trinajstić information content (AvgIpc) is 2.89. The quantitative estimate of drug-likeness (QED) is 0.798. The molecule has 1 heterocycles. The number of carbonyl (C=O) groups is 1. The van der Waals surface area contributed by atoms with E-state index in [-0.39, 0.29) is 30.5 Å². The highest BCUT2D eigenvalue weighted by atomic mass is 16.3. The Labute approximate surface area is 144 Å². The van der Waals surface area contributed by atoms with Crippen LogP contribution in [0.25, 0.3) is 11.0 Å². The average molecular weight is 332 g/mol. The summed E-state index contributed by atoms with van der Waals surface area (Å²) in [5.74, 6) is -0.0824. The molecular weight excluding hydrogens is 302 g/mol. The van der Waals surface area contributed by atoms with Crippen molar-refractivity contribution in [2.24, 2.45) is 5.41 Å². The fraction of sp³-hybridized carbons (Fsp3) is 0.579. The number of fused-ring (bicyclic) bond motifs is 1. The first-order valence-electron chi connectivity index (χ1n) is 8.67. The fourth-order valence-electron chi connectivity index (χ4n) is 2.80. The van der Waals surface area contributed by atoms with Gasteiger partial charge in [0.2, 0.25) is 6.33 Å². The summed E-state index contributed by atoms with van der Waals surface area (Å²) in [5, 5.41) is 12.5. The van der Waals surface area contributed by atoms with Crippen LogP contribution in [0.15, 0.2) is 30.6 Å². The van der Waals surface area contributed by atoms with E-state index in [1.807, 2.05) is 49.9 Å². The van der Waals surface area contributed by atoms with Gasteiger partial charge < -0.3 is 10.4 Å². The highest BCUT2D eigenvalue weighted by Gasteiger charge is 2.27. The number of aromatic nitrogens is 2. The number of nitrogens with zero attached hydrogens (tertiary/aromatic N) is 2. The molecule has 0 saturated heterocycles. The van der Waals surface area contributed by atoms with Crippen LogP contribution in [0.3, 0.4) is 0 Å². The molecule has 5 heteroatoms. The minimum Gasteiger partial charge on any atom is -0.394 e. The minimum atomic E-state index is -0.256. The molecule has 24 heavy (non-hydrogen) atoms. The first kappa shape index (κ1) is 18.5. The Hall–Kier alpha value is -1.88. The van der Waals surface area contributed by atoms with Gasteiger partial charge in [-0.3, -0.25) is 4.79 Å². The van der Waals surface area contributed by atoms with Gasteiger partial charge in [-0.2, -0.15) is 0 Å². The van der Waals surface area contributed by atoms with Crippen molar-refractivity contribution in [2.75, 3.05) is 6.61 Å². The number of rotatable bonds is 6. The SMILES string of the molecule is CCC(C)n1c[n+](CC(=O)N[C@H](CO)C(C)(C)C)c2ccccc21. The lowest BCUT2D eigenvalue weighted by molar-refractivity contribution is -0.659. The fourth-order valence-corrected chi connectivity index (χ4v) is 2.80. The van der Waals surface area contributed by atoms with Crippen LogP contribution < -0.4 is 9.88 Å². The molecule has 0 bridgehead atoms. The second-order valence-electron chi connectivity index (χ2n) is 7.57. The predicted molar refractivity (Wildman–Crippen MR) is 95.6 cm³/mol. The summed E-state index contributed by atoms with van der Waals surface area (Å²) in [6.07, 6.45) is 3.05. The van der Waals surface area contributed by atoms with Gasteiger partial charge in [0.25, 0.3) is 5.91 Å². The number of aliphatic hydroxyl groups is 1. The van der Waals surface area contributed by atoms with Gasteiger partial charge in [0, 0.05) is 0 Å². The molecule has 132 valence electrons. The zero-order chi connectivity index (χ0) is 17.9. The summed E-state index contributed by atoms with van der Waals surface area (Å²) < 4.78 is 4.20. The summed E-state index contributed by atoms with van der Waals surface area (Å²) >= 11 is 0. The lowest BCUT2D eigenvalue weighted by Gasteiger charge is -2.29. The molecule has 0 aliphatic heterocycles. The van der Waals surface area contributed by atoms with Crippen molar-refractivity contribution in [1.29, 1.82) is 0 Å². The van der Waals surface area contributed by atoms with Crippen molar-refractivity contribution in [2.45, 2.75) is 59.7 Å². The van der Waals surface area contributed by atoms with Gasteiger partial charge >= 0.3 is 0 Å². The highest BCUT2D eigenvalue weighted by Crippen LogP contribution is 2.19. The summed E-state index contributed by atoms with van der Waals surface area (Å²) in [6, 6.07) is 8.25. The first-order chi connectivity index (χ1) is 11.3. The van der Waals surface area contributed by atoms with Gasteiger partial charge in [0.15, 0.2) is 17.6 Å². The maximum absolute atomic E-state index is 12.5. The lowest BCUT2D eigenvalue weighted by Crippen LogP contribution is -2.51. The van der Waals surface area contributed by atoms with Gasteiger partial charge in [-0.05, 0) is 30.9 Å². The molecule has 1 unspecified atom stereocenters. The van der Waals surface area contributed by atoms with E-state index in [4.69, 9.17) is 0 Å². The first-order valence-corrected chi connectivity index (χ1v) is 8.67. The largest absolute Gasteiger partial charge is 0.394 e. The molecule has 5 nitrogen and oxygen atoms in total. The van der Waals surface area contributed by atoms with Crippen LogP contribution in [0.2, 0.25) is 0 Å². The van der Waals surface area contributed by atoms with Crippen LogP contribution in [0.1, 0.15) is 47.1 Å². The normalized spacial score (nSPS) is 14.6. The Morgan fingerprint density at radius 2 is 2.00 bits per heavy atom. The lowest BCUT2D eigenvalue weighted by atomic mass is 9.87. The van der Waals surface area contributed by atoms with Crippen molar-refractivity contribution in [1.82, 2.24) is 9.88 Å². The van der Waals surface area contributed by atoms with E-state index in [2.05, 4.69) is 29.8 Å². The third kappa shape index (κ3) is 3.96. The molecule has 0 spiro atoms. The van der Waals surface area contributed by atoms with Crippen molar-refractivity contribution >= 4 is 16.9 Å². The van der Waals surface area contributed by atoms with Crippen LogP contribution in [0.5, 0.6) is 0 Å². The number of aliphatic hydroxyl groups excluding tert-OH is 1. The molecule has 0 fully saturated rings. The Morgan fingerprint density at radius 1 is 1.33 bits per heavy atom. The zero-order valence-electron chi connectivity index (χ0n) is 15.4. The number of hydrogen-bond acceptors (Lipinski definition) is 2. The molecular formula is C19H30N3O2+. The predicted octanol–water partition coefficient (Wildman–Crippen LogP) is 2.42. The third-order valence-electron chi connectivity index (χ3n) is 4.68. The zero-order valence-corrected chi connectivity index (χ0v) is 15.4. The highest BCUT2D eigenvalue weighted by molar-refractivity contribution is 5.76. The van der Waals surface area contributed by atoms with Crippen LogP contribution in [-0.4, -0.2) is 28.2 Å². The standard InChI is InChI=1S/C19H29N3O2/c1-6-14(2)22-13-21(15-9-7-8-10-16(15)22)11-18(24)20-17(12-23)19(3,4)5/h7-10,13-14,17,23H,6,11-12H2,1-5H3/p+1/t14?,17-/m1/s1. The Morgan fingerprint density at radius 3 is 2.58 bits per heavy atom. The smallest absolute Gasteiger partial charge is 0.262 e. The van der Waals surface area contributed by atoms with Gasteiger partial charge in [0.05, 0.1) is 18.7 Å². The molecule has 0 saturated carbocycles. The summed E-state index contributed by atoms with van der Waals surface area (Å²) in [7, 11) is 0. The molecule has 2 rings (SSSR count). The molecule has 1 aromatic heterocycles. The van der Waals surface area contributed by atoms with E-state index in [1.54, 1.807) is 0 Å².